The van der Waals surface area contributed by atoms with E-state index in [1.54, 1.807) is 0 Å². The largest absolute Gasteiger partial charge is 0.373 e. The van der Waals surface area contributed by atoms with Crippen molar-refractivity contribution in [2.45, 2.75) is 88.5 Å². The molecule has 3 heteroatoms. The van der Waals surface area contributed by atoms with Gasteiger partial charge in [0.25, 0.3) is 0 Å². The average Bonchev–Trinajstić information content (AvgIpc) is 3.23. The van der Waals surface area contributed by atoms with E-state index in [9.17, 15) is 0 Å². The molecule has 4 fully saturated rings. The summed E-state index contributed by atoms with van der Waals surface area (Å²) in [5.41, 5.74) is 2.96. The average molecular weight is 538 g/mol. The van der Waals surface area contributed by atoms with Crippen molar-refractivity contribution in [1.82, 2.24) is 0 Å². The summed E-state index contributed by atoms with van der Waals surface area (Å²) in [6, 6.07) is 21.4. The Balaban J connectivity index is 1.08. The minimum Gasteiger partial charge on any atom is -0.373 e. The molecule has 4 aliphatic rings. The highest BCUT2D eigenvalue weighted by molar-refractivity contribution is 9.09. The summed E-state index contributed by atoms with van der Waals surface area (Å²) in [6.07, 6.45) is 11.5. The molecule has 2 aromatic rings. The molecule has 0 radical (unpaired) electrons. The second-order valence-electron chi connectivity index (χ2n) is 12.2. The fraction of sp³-hybridized carbons (Fsp3) is 0.625. The van der Waals surface area contributed by atoms with Crippen LogP contribution in [0.15, 0.2) is 60.7 Å². The number of hydrogen-bond donors (Lipinski definition) is 0. The number of hydrogen-bond acceptors (Lipinski definition) is 2. The van der Waals surface area contributed by atoms with Crippen LogP contribution in [-0.2, 0) is 22.7 Å². The van der Waals surface area contributed by atoms with Crippen molar-refractivity contribution in [2.24, 2.45) is 35.0 Å². The lowest BCUT2D eigenvalue weighted by atomic mass is 9.50. The molecule has 2 aromatic carbocycles. The van der Waals surface area contributed by atoms with Crippen molar-refractivity contribution < 1.29 is 9.47 Å². The van der Waals surface area contributed by atoms with Gasteiger partial charge in [-0.15, -0.1) is 0 Å². The number of ether oxygens (including phenoxy) is 2. The highest BCUT2D eigenvalue weighted by Crippen LogP contribution is 2.63. The van der Waals surface area contributed by atoms with Crippen LogP contribution in [0.1, 0.15) is 69.4 Å². The Morgan fingerprint density at radius 1 is 0.743 bits per heavy atom. The van der Waals surface area contributed by atoms with Gasteiger partial charge < -0.3 is 9.47 Å². The standard InChI is InChI=1S/C32H41BrO2/c1-32-17-16-25-26(28(32)14-15-31(32)35-21-23-10-6-3-7-11-23)13-12-24-18-30(29(33)19-27(24)25)34-20-22-8-4-2-5-9-22/h2-11,24-31H,12-21H2,1H3/t24?,25-,26+,27-,28-,29?,30?,31-,32-/m0/s1. The van der Waals surface area contributed by atoms with Crippen LogP contribution in [0.2, 0.25) is 0 Å². The Labute approximate surface area is 220 Å². The number of benzene rings is 2. The normalized spacial score (nSPS) is 40.5. The Kier molecular flexibility index (Phi) is 7.12. The monoisotopic (exact) mass is 536 g/mol. The Hall–Kier alpha value is -1.16. The number of fused-ring (bicyclic) bond motifs is 5. The smallest absolute Gasteiger partial charge is 0.0721 e. The van der Waals surface area contributed by atoms with Crippen molar-refractivity contribution in [2.75, 3.05) is 0 Å². The maximum Gasteiger partial charge on any atom is 0.0721 e. The minimum atomic E-state index is 0.351. The zero-order valence-corrected chi connectivity index (χ0v) is 22.7. The summed E-state index contributed by atoms with van der Waals surface area (Å²) >= 11 is 4.08. The third kappa shape index (κ3) is 4.78. The molecule has 4 aliphatic carbocycles. The molecule has 6 rings (SSSR count). The van der Waals surface area contributed by atoms with Crippen molar-refractivity contribution in [3.05, 3.63) is 71.8 Å². The van der Waals surface area contributed by atoms with Crippen LogP contribution < -0.4 is 0 Å². The highest BCUT2D eigenvalue weighted by Gasteiger charge is 2.58. The highest BCUT2D eigenvalue weighted by atomic mass is 79.9. The van der Waals surface area contributed by atoms with E-state index in [1.165, 1.54) is 62.5 Å². The van der Waals surface area contributed by atoms with E-state index < -0.39 is 0 Å². The molecule has 0 bridgehead atoms. The van der Waals surface area contributed by atoms with Gasteiger partial charge in [0.1, 0.15) is 0 Å². The third-order valence-corrected chi connectivity index (χ3v) is 11.4. The Morgan fingerprint density at radius 3 is 2.14 bits per heavy atom. The van der Waals surface area contributed by atoms with Gasteiger partial charge in [0.15, 0.2) is 0 Å². The quantitative estimate of drug-likeness (QED) is 0.346. The van der Waals surface area contributed by atoms with Gasteiger partial charge in [0.2, 0.25) is 0 Å². The van der Waals surface area contributed by atoms with Gasteiger partial charge in [-0.3, -0.25) is 0 Å². The third-order valence-electron chi connectivity index (χ3n) is 10.5. The van der Waals surface area contributed by atoms with Crippen LogP contribution in [0.25, 0.3) is 0 Å². The lowest BCUT2D eigenvalue weighted by molar-refractivity contribution is -0.114. The first-order valence-corrected chi connectivity index (χ1v) is 15.0. The van der Waals surface area contributed by atoms with Gasteiger partial charge in [-0.25, -0.2) is 0 Å². The summed E-state index contributed by atoms with van der Waals surface area (Å²) in [5, 5.41) is 0. The first kappa shape index (κ1) is 24.2. The van der Waals surface area contributed by atoms with Crippen LogP contribution >= 0.6 is 15.9 Å². The molecule has 0 aliphatic heterocycles. The van der Waals surface area contributed by atoms with Gasteiger partial charge in [-0.1, -0.05) is 83.5 Å². The molecule has 0 spiro atoms. The van der Waals surface area contributed by atoms with Crippen molar-refractivity contribution in [1.29, 1.82) is 0 Å². The van der Waals surface area contributed by atoms with E-state index in [2.05, 4.69) is 83.5 Å². The second-order valence-corrected chi connectivity index (χ2v) is 13.3. The van der Waals surface area contributed by atoms with Gasteiger partial charge >= 0.3 is 0 Å². The minimum absolute atomic E-state index is 0.351. The van der Waals surface area contributed by atoms with Gasteiger partial charge in [-0.2, -0.15) is 0 Å². The topological polar surface area (TPSA) is 18.5 Å². The van der Waals surface area contributed by atoms with Gasteiger partial charge in [-0.05, 0) is 97.5 Å². The van der Waals surface area contributed by atoms with Crippen molar-refractivity contribution >= 4 is 15.9 Å². The molecular weight excluding hydrogens is 496 g/mol. The summed E-state index contributed by atoms with van der Waals surface area (Å²) in [4.78, 5) is 0.491. The molecule has 0 N–H and O–H groups in total. The van der Waals surface area contributed by atoms with E-state index in [0.717, 1.165) is 42.8 Å². The van der Waals surface area contributed by atoms with Crippen LogP contribution in [0.3, 0.4) is 0 Å². The molecule has 0 aromatic heterocycles. The fourth-order valence-electron chi connectivity index (χ4n) is 8.70. The van der Waals surface area contributed by atoms with E-state index in [4.69, 9.17) is 9.47 Å². The van der Waals surface area contributed by atoms with Gasteiger partial charge in [0.05, 0.1) is 25.4 Å². The van der Waals surface area contributed by atoms with Crippen molar-refractivity contribution in [3.8, 4) is 0 Å². The van der Waals surface area contributed by atoms with E-state index >= 15 is 0 Å². The lowest BCUT2D eigenvalue weighted by Gasteiger charge is -2.56. The summed E-state index contributed by atoms with van der Waals surface area (Å²) in [7, 11) is 0. The summed E-state index contributed by atoms with van der Waals surface area (Å²) in [5.74, 6) is 4.39. The number of rotatable bonds is 6. The van der Waals surface area contributed by atoms with E-state index in [1.807, 2.05) is 0 Å². The maximum absolute atomic E-state index is 6.62. The molecule has 3 unspecified atom stereocenters. The molecule has 0 amide bonds. The molecule has 0 saturated heterocycles. The molecule has 0 heterocycles. The first-order chi connectivity index (χ1) is 17.1. The molecule has 2 nitrogen and oxygen atoms in total. The Morgan fingerprint density at radius 2 is 1.43 bits per heavy atom. The molecule has 35 heavy (non-hydrogen) atoms. The zero-order valence-electron chi connectivity index (χ0n) is 21.2. The molecule has 4 saturated carbocycles. The van der Waals surface area contributed by atoms with Crippen LogP contribution in [-0.4, -0.2) is 17.0 Å². The fourth-order valence-corrected chi connectivity index (χ4v) is 9.50. The van der Waals surface area contributed by atoms with E-state index in [-0.39, 0.29) is 0 Å². The first-order valence-electron chi connectivity index (χ1n) is 14.1. The predicted octanol–water partition coefficient (Wildman–Crippen LogP) is 8.18. The number of alkyl halides is 1. The summed E-state index contributed by atoms with van der Waals surface area (Å²) < 4.78 is 13.1. The van der Waals surface area contributed by atoms with Crippen molar-refractivity contribution in [3.63, 3.8) is 0 Å². The summed E-state index contributed by atoms with van der Waals surface area (Å²) in [6.45, 7) is 4.08. The zero-order chi connectivity index (χ0) is 23.8. The SMILES string of the molecule is C[C@]12CC[C@H]3[C@@H](CCC4CC(OCc5ccccc5)C(Br)C[C@@H]43)[C@@H]1CC[C@@H]2OCc1ccccc1. The van der Waals surface area contributed by atoms with Crippen LogP contribution in [0.5, 0.6) is 0 Å². The Bertz CT molecular complexity index is 964. The van der Waals surface area contributed by atoms with Crippen LogP contribution in [0, 0.1) is 35.0 Å². The van der Waals surface area contributed by atoms with E-state index in [0.29, 0.717) is 22.5 Å². The second kappa shape index (κ2) is 10.3. The van der Waals surface area contributed by atoms with Gasteiger partial charge in [0, 0.05) is 4.83 Å². The molecule has 9 atom stereocenters. The molecule has 188 valence electrons. The number of halogens is 1. The lowest BCUT2D eigenvalue weighted by Crippen LogP contribution is -2.51. The maximum atomic E-state index is 6.62. The molecular formula is C32H41BrO2. The van der Waals surface area contributed by atoms with Crippen LogP contribution in [0.4, 0.5) is 0 Å². The predicted molar refractivity (Wildman–Crippen MR) is 145 cm³/mol.